The minimum absolute atomic E-state index is 0.0374. The molecular formula is C20H19N3O4. The van der Waals surface area contributed by atoms with E-state index in [2.05, 4.69) is 4.98 Å². The van der Waals surface area contributed by atoms with Gasteiger partial charge in [0.2, 0.25) is 6.79 Å². The third-order valence-corrected chi connectivity index (χ3v) is 5.28. The summed E-state index contributed by atoms with van der Waals surface area (Å²) >= 11 is 0. The predicted octanol–water partition coefficient (Wildman–Crippen LogP) is 2.05. The standard InChI is InChI=1S/C20H19N3O4/c24-16-11-23(20(25)15-10-22-7-2-1-3-19(22)21-15)8-6-14(16)13-4-5-17-18(9-13)27-12-26-17/h1-5,7,9-10,14,16,24H,6,8,11-12H2/t14-,16+/m0/s1. The van der Waals surface area contributed by atoms with Crippen molar-refractivity contribution in [2.45, 2.75) is 18.4 Å². The van der Waals surface area contributed by atoms with Crippen LogP contribution in [0.15, 0.2) is 48.8 Å². The molecule has 1 saturated heterocycles. The maximum absolute atomic E-state index is 12.8. The van der Waals surface area contributed by atoms with Gasteiger partial charge in [-0.2, -0.15) is 0 Å². The van der Waals surface area contributed by atoms with Crippen LogP contribution in [0.5, 0.6) is 11.5 Å². The van der Waals surface area contributed by atoms with Crippen LogP contribution in [0.3, 0.4) is 0 Å². The quantitative estimate of drug-likeness (QED) is 0.752. The predicted molar refractivity (Wildman–Crippen MR) is 97.0 cm³/mol. The smallest absolute Gasteiger partial charge is 0.274 e. The summed E-state index contributed by atoms with van der Waals surface area (Å²) in [6.07, 6.45) is 3.63. The van der Waals surface area contributed by atoms with Gasteiger partial charge in [-0.1, -0.05) is 12.1 Å². The number of aromatic nitrogens is 2. The fraction of sp³-hybridized carbons (Fsp3) is 0.300. The second kappa shape index (κ2) is 6.28. The van der Waals surface area contributed by atoms with Crippen molar-refractivity contribution in [3.05, 3.63) is 60.0 Å². The summed E-state index contributed by atoms with van der Waals surface area (Å²) in [6.45, 7) is 1.09. The Kier molecular flexibility index (Phi) is 3.75. The Morgan fingerprint density at radius 1 is 1.19 bits per heavy atom. The number of aliphatic hydroxyl groups is 1. The molecule has 1 N–H and O–H groups in total. The van der Waals surface area contributed by atoms with Crippen LogP contribution in [0.4, 0.5) is 0 Å². The number of carbonyl (C=O) groups is 1. The number of aliphatic hydroxyl groups excluding tert-OH is 1. The molecule has 0 radical (unpaired) electrons. The zero-order valence-corrected chi connectivity index (χ0v) is 14.6. The molecule has 2 atom stereocenters. The van der Waals surface area contributed by atoms with E-state index in [9.17, 15) is 9.90 Å². The van der Waals surface area contributed by atoms with E-state index in [1.165, 1.54) is 0 Å². The van der Waals surface area contributed by atoms with Gasteiger partial charge in [0, 0.05) is 31.4 Å². The first-order chi connectivity index (χ1) is 13.2. The van der Waals surface area contributed by atoms with E-state index in [1.807, 2.05) is 47.0 Å². The molecule has 1 fully saturated rings. The van der Waals surface area contributed by atoms with E-state index in [-0.39, 0.29) is 25.2 Å². The molecule has 0 saturated carbocycles. The SMILES string of the molecule is O=C(c1cn2ccccc2n1)N1CC[C@@H](c2ccc3c(c2)OCO3)[C@H](O)C1. The number of ether oxygens (including phenoxy) is 2. The van der Waals surface area contributed by atoms with Crippen molar-refractivity contribution in [1.29, 1.82) is 0 Å². The summed E-state index contributed by atoms with van der Waals surface area (Å²) in [4.78, 5) is 18.9. The number of fused-ring (bicyclic) bond motifs is 2. The highest BCUT2D eigenvalue weighted by Crippen LogP contribution is 2.37. The topological polar surface area (TPSA) is 76.3 Å². The van der Waals surface area contributed by atoms with Crippen molar-refractivity contribution in [3.63, 3.8) is 0 Å². The number of pyridine rings is 1. The van der Waals surface area contributed by atoms with E-state index in [0.29, 0.717) is 24.4 Å². The lowest BCUT2D eigenvalue weighted by Crippen LogP contribution is -2.45. The van der Waals surface area contributed by atoms with Crippen LogP contribution >= 0.6 is 0 Å². The second-order valence-corrected chi connectivity index (χ2v) is 6.92. The average molecular weight is 365 g/mol. The Morgan fingerprint density at radius 3 is 2.93 bits per heavy atom. The van der Waals surface area contributed by atoms with E-state index in [4.69, 9.17) is 9.47 Å². The molecule has 7 nitrogen and oxygen atoms in total. The molecule has 27 heavy (non-hydrogen) atoms. The molecule has 4 heterocycles. The first-order valence-electron chi connectivity index (χ1n) is 9.00. The van der Waals surface area contributed by atoms with Crippen LogP contribution in [0.2, 0.25) is 0 Å². The number of likely N-dealkylation sites (tertiary alicyclic amines) is 1. The number of nitrogens with zero attached hydrogens (tertiary/aromatic N) is 3. The van der Waals surface area contributed by atoms with Gasteiger partial charge in [0.25, 0.3) is 5.91 Å². The maximum atomic E-state index is 12.8. The Labute approximate surface area is 155 Å². The van der Waals surface area contributed by atoms with Gasteiger partial charge in [-0.15, -0.1) is 0 Å². The Bertz CT molecular complexity index is 982. The van der Waals surface area contributed by atoms with Crippen molar-refractivity contribution >= 4 is 11.6 Å². The molecule has 0 aliphatic carbocycles. The summed E-state index contributed by atoms with van der Waals surface area (Å²) in [6, 6.07) is 11.4. The maximum Gasteiger partial charge on any atom is 0.274 e. The molecule has 2 aromatic heterocycles. The molecule has 2 aliphatic rings. The lowest BCUT2D eigenvalue weighted by atomic mass is 9.87. The summed E-state index contributed by atoms with van der Waals surface area (Å²) in [5.41, 5.74) is 2.14. The van der Waals surface area contributed by atoms with E-state index in [1.54, 1.807) is 11.1 Å². The van der Waals surface area contributed by atoms with Crippen molar-refractivity contribution < 1.29 is 19.4 Å². The molecule has 1 aromatic carbocycles. The number of imidazole rings is 1. The van der Waals surface area contributed by atoms with Crippen LogP contribution in [0.1, 0.15) is 28.4 Å². The van der Waals surface area contributed by atoms with Crippen molar-refractivity contribution in [1.82, 2.24) is 14.3 Å². The number of benzene rings is 1. The van der Waals surface area contributed by atoms with E-state index < -0.39 is 6.10 Å². The van der Waals surface area contributed by atoms with Gasteiger partial charge < -0.3 is 23.9 Å². The molecule has 2 aliphatic heterocycles. The first-order valence-corrected chi connectivity index (χ1v) is 9.00. The highest BCUT2D eigenvalue weighted by molar-refractivity contribution is 5.93. The molecule has 1 amide bonds. The number of piperidine rings is 1. The van der Waals surface area contributed by atoms with Crippen molar-refractivity contribution in [3.8, 4) is 11.5 Å². The van der Waals surface area contributed by atoms with Crippen molar-refractivity contribution in [2.75, 3.05) is 19.9 Å². The van der Waals surface area contributed by atoms with Gasteiger partial charge in [-0.3, -0.25) is 4.79 Å². The summed E-state index contributed by atoms with van der Waals surface area (Å²) in [7, 11) is 0. The van der Waals surface area contributed by atoms with Gasteiger partial charge in [0.1, 0.15) is 11.3 Å². The zero-order chi connectivity index (χ0) is 18.4. The van der Waals surface area contributed by atoms with Gasteiger partial charge >= 0.3 is 0 Å². The fourth-order valence-corrected chi connectivity index (χ4v) is 3.85. The molecular weight excluding hydrogens is 346 g/mol. The van der Waals surface area contributed by atoms with Gasteiger partial charge in [-0.25, -0.2) is 4.98 Å². The van der Waals surface area contributed by atoms with Crippen LogP contribution in [-0.4, -0.2) is 51.3 Å². The number of rotatable bonds is 2. The highest BCUT2D eigenvalue weighted by Gasteiger charge is 2.33. The number of hydrogen-bond donors (Lipinski definition) is 1. The summed E-state index contributed by atoms with van der Waals surface area (Å²) in [5, 5.41) is 10.7. The van der Waals surface area contributed by atoms with Gasteiger partial charge in [0.15, 0.2) is 11.5 Å². The summed E-state index contributed by atoms with van der Waals surface area (Å²) in [5.74, 6) is 1.25. The van der Waals surface area contributed by atoms with Crippen LogP contribution in [0.25, 0.3) is 5.65 Å². The zero-order valence-electron chi connectivity index (χ0n) is 14.6. The Balaban J connectivity index is 1.32. The molecule has 0 unspecified atom stereocenters. The third kappa shape index (κ3) is 2.80. The molecule has 0 spiro atoms. The van der Waals surface area contributed by atoms with E-state index in [0.717, 1.165) is 17.0 Å². The first kappa shape index (κ1) is 16.1. The molecule has 3 aromatic rings. The minimum atomic E-state index is -0.639. The summed E-state index contributed by atoms with van der Waals surface area (Å²) < 4.78 is 12.6. The third-order valence-electron chi connectivity index (χ3n) is 5.28. The monoisotopic (exact) mass is 365 g/mol. The number of hydrogen-bond acceptors (Lipinski definition) is 5. The number of β-amino-alcohol motifs (C(OH)–C–C–N with tert-alkyl or cyclic N) is 1. The van der Waals surface area contributed by atoms with Crippen LogP contribution in [-0.2, 0) is 0 Å². The van der Waals surface area contributed by atoms with E-state index >= 15 is 0 Å². The van der Waals surface area contributed by atoms with Gasteiger partial charge in [0.05, 0.1) is 6.10 Å². The largest absolute Gasteiger partial charge is 0.454 e. The van der Waals surface area contributed by atoms with Gasteiger partial charge in [-0.05, 0) is 36.2 Å². The lowest BCUT2D eigenvalue weighted by molar-refractivity contribution is 0.0378. The average Bonchev–Trinajstić information content (AvgIpc) is 3.33. The Hall–Kier alpha value is -3.06. The molecule has 138 valence electrons. The molecule has 5 rings (SSSR count). The minimum Gasteiger partial charge on any atom is -0.454 e. The molecule has 0 bridgehead atoms. The van der Waals surface area contributed by atoms with Crippen LogP contribution < -0.4 is 9.47 Å². The highest BCUT2D eigenvalue weighted by atomic mass is 16.7. The van der Waals surface area contributed by atoms with Crippen LogP contribution in [0, 0.1) is 0 Å². The fourth-order valence-electron chi connectivity index (χ4n) is 3.85. The number of amides is 1. The second-order valence-electron chi connectivity index (χ2n) is 6.92. The lowest BCUT2D eigenvalue weighted by Gasteiger charge is -2.36. The Morgan fingerprint density at radius 2 is 2.07 bits per heavy atom. The normalized spacial score (nSPS) is 21.6. The van der Waals surface area contributed by atoms with Crippen molar-refractivity contribution in [2.24, 2.45) is 0 Å². The molecule has 7 heteroatoms. The number of carbonyl (C=O) groups excluding carboxylic acids is 1.